The number of nitrogens with one attached hydrogen (secondary N) is 1. The van der Waals surface area contributed by atoms with E-state index in [1.54, 1.807) is 13.3 Å². The molecule has 1 N–H and O–H groups in total. The van der Waals surface area contributed by atoms with Crippen molar-refractivity contribution in [3.8, 4) is 11.6 Å². The Morgan fingerprint density at radius 1 is 1.18 bits per heavy atom. The number of nitrogens with zero attached hydrogens (tertiary/aromatic N) is 1. The van der Waals surface area contributed by atoms with Gasteiger partial charge < -0.3 is 14.8 Å². The third-order valence-corrected chi connectivity index (χ3v) is 4.23. The standard InChI is InChI=1S/C18H22N2O2/c1-21-17-8-5-10-20-18(17)22-13-15-12-19-11-9-16(15)14-6-3-2-4-7-14/h2-8,10,15-16,19H,9,11-13H2,1H3. The first-order valence-corrected chi connectivity index (χ1v) is 7.76. The van der Waals surface area contributed by atoms with Crippen LogP contribution in [0, 0.1) is 5.92 Å². The molecular weight excluding hydrogens is 276 g/mol. The molecule has 0 saturated carbocycles. The van der Waals surface area contributed by atoms with Gasteiger partial charge in [0, 0.05) is 18.7 Å². The lowest BCUT2D eigenvalue weighted by Gasteiger charge is -2.32. The van der Waals surface area contributed by atoms with Gasteiger partial charge in [0.15, 0.2) is 5.75 Å². The molecule has 0 amide bonds. The van der Waals surface area contributed by atoms with Crippen molar-refractivity contribution in [2.24, 2.45) is 5.92 Å². The second-order valence-corrected chi connectivity index (χ2v) is 5.59. The van der Waals surface area contributed by atoms with Gasteiger partial charge in [0.2, 0.25) is 0 Å². The smallest absolute Gasteiger partial charge is 0.256 e. The summed E-state index contributed by atoms with van der Waals surface area (Å²) in [6, 6.07) is 14.4. The third-order valence-electron chi connectivity index (χ3n) is 4.23. The molecule has 0 aliphatic carbocycles. The summed E-state index contributed by atoms with van der Waals surface area (Å²) < 4.78 is 11.2. The molecule has 3 rings (SSSR count). The van der Waals surface area contributed by atoms with Crippen LogP contribution in [0.25, 0.3) is 0 Å². The Hall–Kier alpha value is -2.07. The summed E-state index contributed by atoms with van der Waals surface area (Å²) >= 11 is 0. The Kier molecular flexibility index (Phi) is 4.91. The van der Waals surface area contributed by atoms with Crippen molar-refractivity contribution >= 4 is 0 Å². The minimum atomic E-state index is 0.433. The first kappa shape index (κ1) is 14.9. The molecule has 1 aliphatic rings. The molecule has 4 nitrogen and oxygen atoms in total. The molecule has 2 aromatic rings. The van der Waals surface area contributed by atoms with Gasteiger partial charge in [-0.1, -0.05) is 30.3 Å². The maximum atomic E-state index is 5.94. The molecule has 2 atom stereocenters. The zero-order chi connectivity index (χ0) is 15.2. The molecule has 1 aromatic carbocycles. The Bertz CT molecular complexity index is 589. The van der Waals surface area contributed by atoms with Gasteiger partial charge in [-0.15, -0.1) is 0 Å². The van der Waals surface area contributed by atoms with E-state index in [4.69, 9.17) is 9.47 Å². The highest BCUT2D eigenvalue weighted by molar-refractivity contribution is 5.32. The van der Waals surface area contributed by atoms with Gasteiger partial charge >= 0.3 is 0 Å². The van der Waals surface area contributed by atoms with E-state index in [1.807, 2.05) is 12.1 Å². The predicted octanol–water partition coefficient (Wildman–Crippen LogP) is 2.86. The van der Waals surface area contributed by atoms with Crippen LogP contribution in [-0.4, -0.2) is 31.8 Å². The van der Waals surface area contributed by atoms with E-state index < -0.39 is 0 Å². The van der Waals surface area contributed by atoms with Crippen LogP contribution in [0.2, 0.25) is 0 Å². The minimum Gasteiger partial charge on any atom is -0.491 e. The lowest BCUT2D eigenvalue weighted by Crippen LogP contribution is -2.38. The van der Waals surface area contributed by atoms with Crippen LogP contribution in [-0.2, 0) is 0 Å². The summed E-state index contributed by atoms with van der Waals surface area (Å²) in [6.45, 7) is 2.66. The molecule has 0 bridgehead atoms. The van der Waals surface area contributed by atoms with E-state index in [-0.39, 0.29) is 0 Å². The molecule has 1 fully saturated rings. The molecular formula is C18H22N2O2. The quantitative estimate of drug-likeness (QED) is 0.922. The van der Waals surface area contributed by atoms with Gasteiger partial charge in [0.05, 0.1) is 13.7 Å². The summed E-state index contributed by atoms with van der Waals surface area (Å²) in [6.07, 6.45) is 2.86. The van der Waals surface area contributed by atoms with Crippen molar-refractivity contribution in [3.05, 3.63) is 54.2 Å². The van der Waals surface area contributed by atoms with Gasteiger partial charge in [-0.05, 0) is 36.6 Å². The van der Waals surface area contributed by atoms with Crippen LogP contribution in [0.4, 0.5) is 0 Å². The Labute approximate surface area is 131 Å². The molecule has 1 saturated heterocycles. The van der Waals surface area contributed by atoms with Crippen molar-refractivity contribution in [2.45, 2.75) is 12.3 Å². The molecule has 2 unspecified atom stereocenters. The zero-order valence-corrected chi connectivity index (χ0v) is 12.9. The first-order valence-electron chi connectivity index (χ1n) is 7.76. The highest BCUT2D eigenvalue weighted by Gasteiger charge is 2.27. The highest BCUT2D eigenvalue weighted by atomic mass is 16.5. The van der Waals surface area contributed by atoms with Crippen LogP contribution < -0.4 is 14.8 Å². The number of ether oxygens (including phenoxy) is 2. The highest BCUT2D eigenvalue weighted by Crippen LogP contribution is 2.31. The average molecular weight is 298 g/mol. The SMILES string of the molecule is COc1cccnc1OCC1CNCCC1c1ccccc1. The number of hydrogen-bond acceptors (Lipinski definition) is 4. The molecule has 0 radical (unpaired) electrons. The summed E-state index contributed by atoms with van der Waals surface area (Å²) in [7, 11) is 1.64. The van der Waals surface area contributed by atoms with E-state index in [1.165, 1.54) is 5.56 Å². The third kappa shape index (κ3) is 3.39. The molecule has 1 aliphatic heterocycles. The fourth-order valence-electron chi connectivity index (χ4n) is 3.06. The van der Waals surface area contributed by atoms with Crippen molar-refractivity contribution in [1.82, 2.24) is 10.3 Å². The number of pyridine rings is 1. The van der Waals surface area contributed by atoms with Crippen LogP contribution in [0.1, 0.15) is 17.9 Å². The predicted molar refractivity (Wildman–Crippen MR) is 86.4 cm³/mol. The van der Waals surface area contributed by atoms with Gasteiger partial charge in [-0.2, -0.15) is 0 Å². The lowest BCUT2D eigenvalue weighted by molar-refractivity contribution is 0.185. The topological polar surface area (TPSA) is 43.4 Å². The van der Waals surface area contributed by atoms with E-state index >= 15 is 0 Å². The van der Waals surface area contributed by atoms with Crippen LogP contribution in [0.15, 0.2) is 48.7 Å². The second kappa shape index (κ2) is 7.27. The Balaban J connectivity index is 1.69. The molecule has 0 spiro atoms. The summed E-state index contributed by atoms with van der Waals surface area (Å²) in [5, 5.41) is 3.47. The maximum absolute atomic E-state index is 5.94. The number of benzene rings is 1. The molecule has 116 valence electrons. The van der Waals surface area contributed by atoms with E-state index in [2.05, 4.69) is 40.6 Å². The van der Waals surface area contributed by atoms with Gasteiger partial charge in [0.25, 0.3) is 5.88 Å². The summed E-state index contributed by atoms with van der Waals surface area (Å²) in [5.41, 5.74) is 1.39. The van der Waals surface area contributed by atoms with Crippen molar-refractivity contribution in [2.75, 3.05) is 26.8 Å². The number of aromatic nitrogens is 1. The minimum absolute atomic E-state index is 0.433. The Morgan fingerprint density at radius 2 is 2.05 bits per heavy atom. The lowest BCUT2D eigenvalue weighted by atomic mass is 9.81. The van der Waals surface area contributed by atoms with Crippen molar-refractivity contribution in [1.29, 1.82) is 0 Å². The van der Waals surface area contributed by atoms with Crippen LogP contribution >= 0.6 is 0 Å². The molecule has 2 heterocycles. The normalized spacial score (nSPS) is 21.3. The van der Waals surface area contributed by atoms with E-state index in [0.717, 1.165) is 19.5 Å². The average Bonchev–Trinajstić information content (AvgIpc) is 2.61. The number of rotatable bonds is 5. The monoisotopic (exact) mass is 298 g/mol. The zero-order valence-electron chi connectivity index (χ0n) is 12.9. The van der Waals surface area contributed by atoms with Gasteiger partial charge in [0.1, 0.15) is 0 Å². The number of piperidine rings is 1. The number of hydrogen-bond donors (Lipinski definition) is 1. The fourth-order valence-corrected chi connectivity index (χ4v) is 3.06. The molecule has 1 aromatic heterocycles. The largest absolute Gasteiger partial charge is 0.491 e. The second-order valence-electron chi connectivity index (χ2n) is 5.59. The number of methoxy groups -OCH3 is 1. The maximum Gasteiger partial charge on any atom is 0.256 e. The van der Waals surface area contributed by atoms with Gasteiger partial charge in [-0.25, -0.2) is 4.98 Å². The molecule has 22 heavy (non-hydrogen) atoms. The Morgan fingerprint density at radius 3 is 2.86 bits per heavy atom. The van der Waals surface area contributed by atoms with Crippen LogP contribution in [0.5, 0.6) is 11.6 Å². The van der Waals surface area contributed by atoms with E-state index in [0.29, 0.717) is 30.1 Å². The summed E-state index contributed by atoms with van der Waals surface area (Å²) in [5.74, 6) is 2.21. The molecule has 4 heteroatoms. The fraction of sp³-hybridized carbons (Fsp3) is 0.389. The van der Waals surface area contributed by atoms with Crippen LogP contribution in [0.3, 0.4) is 0 Å². The summed E-state index contributed by atoms with van der Waals surface area (Å²) in [4.78, 5) is 4.26. The van der Waals surface area contributed by atoms with Gasteiger partial charge in [-0.3, -0.25) is 0 Å². The van der Waals surface area contributed by atoms with Crippen molar-refractivity contribution < 1.29 is 9.47 Å². The van der Waals surface area contributed by atoms with Crippen molar-refractivity contribution in [3.63, 3.8) is 0 Å². The first-order chi connectivity index (χ1) is 10.9. The van der Waals surface area contributed by atoms with E-state index in [9.17, 15) is 0 Å².